The maximum atomic E-state index is 15.1. The van der Waals surface area contributed by atoms with Crippen LogP contribution in [-0.4, -0.2) is 32.7 Å². The molecule has 2 aromatic heterocycles. The van der Waals surface area contributed by atoms with Gasteiger partial charge in [0.1, 0.15) is 28.7 Å². The van der Waals surface area contributed by atoms with Gasteiger partial charge in [0, 0.05) is 35.0 Å². The molecule has 5 aromatic rings. The molecule has 1 amide bonds. The average Bonchev–Trinajstić information content (AvgIpc) is 2.95. The summed E-state index contributed by atoms with van der Waals surface area (Å²) >= 11 is 0. The predicted octanol–water partition coefficient (Wildman–Crippen LogP) is 4.87. The zero-order chi connectivity index (χ0) is 29.1. The van der Waals surface area contributed by atoms with E-state index in [9.17, 15) is 19.1 Å². The molecule has 0 aliphatic heterocycles. The van der Waals surface area contributed by atoms with Crippen molar-refractivity contribution in [2.24, 2.45) is 0 Å². The fourth-order valence-corrected chi connectivity index (χ4v) is 4.09. The molecule has 41 heavy (non-hydrogen) atoms. The van der Waals surface area contributed by atoms with Gasteiger partial charge in [-0.1, -0.05) is 0 Å². The number of phenols is 1. The van der Waals surface area contributed by atoms with Crippen molar-refractivity contribution >= 4 is 28.9 Å². The first kappa shape index (κ1) is 26.8. The molecule has 0 radical (unpaired) electrons. The van der Waals surface area contributed by atoms with E-state index in [1.807, 2.05) is 0 Å². The third kappa shape index (κ3) is 5.66. The number of carbonyl (C=O) groups is 1. The van der Waals surface area contributed by atoms with Gasteiger partial charge in [-0.2, -0.15) is 0 Å². The quantitative estimate of drug-likeness (QED) is 0.208. The normalized spacial score (nSPS) is 10.7. The van der Waals surface area contributed by atoms with Gasteiger partial charge >= 0.3 is 0 Å². The number of halogens is 2. The summed E-state index contributed by atoms with van der Waals surface area (Å²) < 4.78 is 34.8. The van der Waals surface area contributed by atoms with Crippen LogP contribution in [0, 0.1) is 11.6 Å². The molecule has 0 unspecified atom stereocenters. The first-order valence-electron chi connectivity index (χ1n) is 12.1. The number of nitrogens with zero attached hydrogens (tertiary/aromatic N) is 3. The number of aromatic nitrogens is 3. The lowest BCUT2D eigenvalue weighted by molar-refractivity contribution is 0.102. The number of methoxy groups -OCH3 is 1. The molecule has 0 fully saturated rings. The number of nitrogens with two attached hydrogens (primary N) is 1. The zero-order valence-corrected chi connectivity index (χ0v) is 21.4. The molecule has 0 saturated heterocycles. The van der Waals surface area contributed by atoms with E-state index >= 15 is 4.39 Å². The van der Waals surface area contributed by atoms with Gasteiger partial charge < -0.3 is 26.2 Å². The Bertz CT molecular complexity index is 1830. The minimum absolute atomic E-state index is 0.0122. The van der Waals surface area contributed by atoms with E-state index in [1.165, 1.54) is 72.6 Å². The summed E-state index contributed by atoms with van der Waals surface area (Å²) in [7, 11) is 1.31. The molecule has 12 heteroatoms. The van der Waals surface area contributed by atoms with Crippen LogP contribution in [0.5, 0.6) is 11.5 Å². The number of amides is 1. The average molecular weight is 557 g/mol. The number of benzene rings is 3. The highest BCUT2D eigenvalue weighted by Gasteiger charge is 2.20. The van der Waals surface area contributed by atoms with Crippen LogP contribution in [0.4, 0.5) is 31.8 Å². The largest absolute Gasteiger partial charge is 0.507 e. The predicted molar refractivity (Wildman–Crippen MR) is 150 cm³/mol. The van der Waals surface area contributed by atoms with Crippen LogP contribution in [0.15, 0.2) is 90.0 Å². The van der Waals surface area contributed by atoms with Gasteiger partial charge in [-0.05, 0) is 72.8 Å². The molecule has 2 heterocycles. The lowest BCUT2D eigenvalue weighted by Gasteiger charge is -2.14. The number of ether oxygens (including phenoxy) is 1. The van der Waals surface area contributed by atoms with Crippen molar-refractivity contribution in [1.82, 2.24) is 14.5 Å². The van der Waals surface area contributed by atoms with Gasteiger partial charge in [0.05, 0.1) is 18.5 Å². The molecule has 0 saturated carbocycles. The van der Waals surface area contributed by atoms with Gasteiger partial charge in [-0.15, -0.1) is 0 Å². The molecule has 0 atom stereocenters. The third-order valence-electron chi connectivity index (χ3n) is 6.06. The van der Waals surface area contributed by atoms with E-state index in [0.29, 0.717) is 22.6 Å². The number of rotatable bonds is 7. The summed E-state index contributed by atoms with van der Waals surface area (Å²) in [5.74, 6) is -2.01. The number of nitrogens with one attached hydrogen (secondary N) is 2. The Morgan fingerprint density at radius 3 is 2.46 bits per heavy atom. The van der Waals surface area contributed by atoms with Crippen LogP contribution in [-0.2, 0) is 0 Å². The van der Waals surface area contributed by atoms with Crippen LogP contribution >= 0.6 is 0 Å². The van der Waals surface area contributed by atoms with Gasteiger partial charge in [0.15, 0.2) is 0 Å². The summed E-state index contributed by atoms with van der Waals surface area (Å²) in [5, 5.41) is 15.7. The highest BCUT2D eigenvalue weighted by molar-refractivity contribution is 6.06. The third-order valence-corrected chi connectivity index (χ3v) is 6.06. The Morgan fingerprint density at radius 1 is 1.00 bits per heavy atom. The van der Waals surface area contributed by atoms with E-state index < -0.39 is 23.1 Å². The molecular formula is C29H22F2N6O4. The summed E-state index contributed by atoms with van der Waals surface area (Å²) in [6, 6.07) is 16.6. The van der Waals surface area contributed by atoms with Crippen LogP contribution in [0.25, 0.3) is 16.9 Å². The van der Waals surface area contributed by atoms with Gasteiger partial charge in [-0.25, -0.2) is 18.7 Å². The lowest BCUT2D eigenvalue weighted by atomic mass is 10.1. The zero-order valence-electron chi connectivity index (χ0n) is 21.4. The van der Waals surface area contributed by atoms with Gasteiger partial charge in [-0.3, -0.25) is 14.2 Å². The highest BCUT2D eigenvalue weighted by Crippen LogP contribution is 2.32. The Morgan fingerprint density at radius 2 is 1.76 bits per heavy atom. The molecule has 3 aromatic carbocycles. The Labute approximate surface area is 231 Å². The standard InChI is InChI=1S/C29H22F2N6O4/c1-41-25-11-13-37(19-6-2-16(30)3-7-19)28(40)26(25)27(39)35-18-4-8-23(21(31)15-18)34-17-5-9-24(38)20(14-17)22-10-12-33-29(32)36-22/h2-15,34,38H,1H3,(H,35,39)(H2,32,33,36). The van der Waals surface area contributed by atoms with Crippen LogP contribution in [0.1, 0.15) is 10.4 Å². The molecule has 0 bridgehead atoms. The Kier molecular flexibility index (Phi) is 7.29. The fraction of sp³-hybridized carbons (Fsp3) is 0.0345. The van der Waals surface area contributed by atoms with Crippen LogP contribution in [0.2, 0.25) is 0 Å². The number of pyridine rings is 1. The number of carbonyl (C=O) groups excluding carboxylic acids is 1. The van der Waals surface area contributed by atoms with E-state index in [0.717, 1.165) is 6.07 Å². The van der Waals surface area contributed by atoms with Gasteiger partial charge in [0.2, 0.25) is 5.95 Å². The molecule has 5 rings (SSSR count). The van der Waals surface area contributed by atoms with Crippen molar-refractivity contribution in [3.8, 4) is 28.4 Å². The molecular weight excluding hydrogens is 534 g/mol. The van der Waals surface area contributed by atoms with Crippen molar-refractivity contribution in [1.29, 1.82) is 0 Å². The lowest BCUT2D eigenvalue weighted by Crippen LogP contribution is -2.29. The number of anilines is 4. The molecule has 206 valence electrons. The second-order valence-corrected chi connectivity index (χ2v) is 8.72. The van der Waals surface area contributed by atoms with Crippen molar-refractivity contribution in [2.45, 2.75) is 0 Å². The summed E-state index contributed by atoms with van der Waals surface area (Å²) in [6.07, 6.45) is 2.85. The molecule has 0 spiro atoms. The summed E-state index contributed by atoms with van der Waals surface area (Å²) in [5.41, 5.74) is 6.31. The first-order valence-corrected chi connectivity index (χ1v) is 12.1. The minimum Gasteiger partial charge on any atom is -0.507 e. The smallest absolute Gasteiger partial charge is 0.271 e. The number of aromatic hydroxyl groups is 1. The minimum atomic E-state index is -0.823. The SMILES string of the molecule is COc1ccn(-c2ccc(F)cc2)c(=O)c1C(=O)Nc1ccc(Nc2ccc(O)c(-c3ccnc(N)n3)c2)c(F)c1. The van der Waals surface area contributed by atoms with Gasteiger partial charge in [0.25, 0.3) is 11.5 Å². The molecule has 0 aliphatic carbocycles. The van der Waals surface area contributed by atoms with Crippen molar-refractivity contribution in [3.05, 3.63) is 113 Å². The summed E-state index contributed by atoms with van der Waals surface area (Å²) in [4.78, 5) is 34.2. The molecule has 0 aliphatic rings. The number of phenolic OH excluding ortho intramolecular Hbond substituents is 1. The maximum absolute atomic E-state index is 15.1. The number of hydrogen-bond acceptors (Lipinski definition) is 8. The number of nitrogen functional groups attached to an aromatic ring is 1. The highest BCUT2D eigenvalue weighted by atomic mass is 19.1. The van der Waals surface area contributed by atoms with E-state index in [2.05, 4.69) is 20.6 Å². The van der Waals surface area contributed by atoms with Crippen LogP contribution < -0.4 is 26.7 Å². The molecule has 10 nitrogen and oxygen atoms in total. The van der Waals surface area contributed by atoms with E-state index in [1.54, 1.807) is 18.2 Å². The van der Waals surface area contributed by atoms with Crippen molar-refractivity contribution in [3.63, 3.8) is 0 Å². The Hall–Kier alpha value is -5.78. The van der Waals surface area contributed by atoms with Crippen molar-refractivity contribution in [2.75, 3.05) is 23.5 Å². The monoisotopic (exact) mass is 556 g/mol. The summed E-state index contributed by atoms with van der Waals surface area (Å²) in [6.45, 7) is 0. The van der Waals surface area contributed by atoms with E-state index in [4.69, 9.17) is 10.5 Å². The topological polar surface area (TPSA) is 144 Å². The first-order chi connectivity index (χ1) is 19.7. The molecule has 5 N–H and O–H groups in total. The number of hydrogen-bond donors (Lipinski definition) is 4. The fourth-order valence-electron chi connectivity index (χ4n) is 4.09. The Balaban J connectivity index is 1.38. The second kappa shape index (κ2) is 11.1. The van der Waals surface area contributed by atoms with E-state index in [-0.39, 0.29) is 34.4 Å². The van der Waals surface area contributed by atoms with Crippen LogP contribution in [0.3, 0.4) is 0 Å². The van der Waals surface area contributed by atoms with Crippen molar-refractivity contribution < 1.29 is 23.4 Å². The maximum Gasteiger partial charge on any atom is 0.271 e. The second-order valence-electron chi connectivity index (χ2n) is 8.72.